The zero-order valence-electron chi connectivity index (χ0n) is 32.8. The van der Waals surface area contributed by atoms with E-state index < -0.39 is 34.6 Å². The minimum atomic E-state index is -1.59. The number of carbonyl (C=O) groups is 3. The summed E-state index contributed by atoms with van der Waals surface area (Å²) in [6.45, 7) is 15.0. The molecule has 0 bridgehead atoms. The van der Waals surface area contributed by atoms with Gasteiger partial charge in [-0.15, -0.1) is 0 Å². The fourth-order valence-corrected chi connectivity index (χ4v) is 12.5. The first kappa shape index (κ1) is 37.8. The van der Waals surface area contributed by atoms with Crippen molar-refractivity contribution < 1.29 is 38.6 Å². The molecule has 4 fully saturated rings. The number of carboxylic acid groups (broad SMARTS) is 1. The van der Waals surface area contributed by atoms with Gasteiger partial charge in [0.15, 0.2) is 17.3 Å². The Kier molecular flexibility index (Phi) is 8.93. The summed E-state index contributed by atoms with van der Waals surface area (Å²) in [6.07, 6.45) is 8.87. The van der Waals surface area contributed by atoms with E-state index in [1.807, 2.05) is 50.3 Å². The number of nitrogens with one attached hydrogen (secondary N) is 1. The van der Waals surface area contributed by atoms with Gasteiger partial charge in [-0.05, 0) is 103 Å². The molecule has 53 heavy (non-hydrogen) atoms. The number of carbonyl (C=O) groups excluding carboxylic acids is 2. The largest absolute Gasteiger partial charge is 0.496 e. The van der Waals surface area contributed by atoms with Gasteiger partial charge in [0.1, 0.15) is 18.1 Å². The van der Waals surface area contributed by atoms with Crippen LogP contribution in [0.2, 0.25) is 0 Å². The molecule has 5 aliphatic carbocycles. The van der Waals surface area contributed by atoms with Gasteiger partial charge in [0.2, 0.25) is 5.91 Å². The molecule has 2 aromatic rings. The lowest BCUT2D eigenvalue weighted by molar-refractivity contribution is -0.326. The smallest absolute Gasteiger partial charge is 0.329 e. The van der Waals surface area contributed by atoms with Crippen molar-refractivity contribution in [2.24, 2.45) is 50.2 Å². The number of allylic oxidation sites excluding steroid dienone is 2. The highest BCUT2D eigenvalue weighted by atomic mass is 16.6. The number of aromatic nitrogens is 1. The van der Waals surface area contributed by atoms with Gasteiger partial charge in [-0.25, -0.2) is 4.79 Å². The van der Waals surface area contributed by atoms with Gasteiger partial charge in [-0.3, -0.25) is 9.59 Å². The Bertz CT molecular complexity index is 1850. The number of aliphatic carboxylic acids is 1. The van der Waals surface area contributed by atoms with Crippen LogP contribution in [0.3, 0.4) is 0 Å². The number of hydrogen-bond donors (Lipinski definition) is 3. The maximum absolute atomic E-state index is 14.8. The zero-order chi connectivity index (χ0) is 38.4. The Hall–Kier alpha value is -3.50. The third-order valence-electron chi connectivity index (χ3n) is 16.1. The standard InChI is InChI=1S/C43H58N2O8/c1-37(2)33-13-14-42(7)35(40(33,5)18-20-43(37,50)52-25-34(47)48)31(46)22-28-29-23-39(4,16-15-38(29,3)17-19-41(28,42)6)36(49)44-24-26-21-30(45-53-26)27-11-9-10-12-32(27)51-8/h9-12,21-22,29,33,35,50H,13-20,23-25H2,1-8H3,(H,44,49)(H,47,48)/t29-,33?,35?,38-,39+,40+,41-,42-,43+/m1/s1. The summed E-state index contributed by atoms with van der Waals surface area (Å²) in [6, 6.07) is 9.46. The molecule has 9 atom stereocenters. The summed E-state index contributed by atoms with van der Waals surface area (Å²) in [7, 11) is 1.62. The quantitative estimate of drug-likeness (QED) is 0.232. The van der Waals surface area contributed by atoms with E-state index in [9.17, 15) is 24.6 Å². The maximum atomic E-state index is 14.8. The molecule has 0 spiro atoms. The van der Waals surface area contributed by atoms with Gasteiger partial charge < -0.3 is 29.5 Å². The first-order chi connectivity index (χ1) is 24.8. The number of rotatable bonds is 8. The summed E-state index contributed by atoms with van der Waals surface area (Å²) < 4.78 is 16.8. The molecule has 7 rings (SSSR count). The van der Waals surface area contributed by atoms with Crippen molar-refractivity contribution in [3.63, 3.8) is 0 Å². The fourth-order valence-electron chi connectivity index (χ4n) is 12.5. The second kappa shape index (κ2) is 12.5. The summed E-state index contributed by atoms with van der Waals surface area (Å²) >= 11 is 0. The number of amides is 1. The number of nitrogens with zero attached hydrogens (tertiary/aromatic N) is 1. The molecule has 1 heterocycles. The fraction of sp³-hybridized carbons (Fsp3) is 0.674. The van der Waals surface area contributed by atoms with Crippen LogP contribution < -0.4 is 10.1 Å². The number of fused-ring (bicyclic) bond motifs is 7. The van der Waals surface area contributed by atoms with Crippen molar-refractivity contribution in [2.45, 2.75) is 119 Å². The highest BCUT2D eigenvalue weighted by Gasteiger charge is 2.72. The maximum Gasteiger partial charge on any atom is 0.329 e. The highest BCUT2D eigenvalue weighted by Crippen LogP contribution is 2.75. The van der Waals surface area contributed by atoms with Crippen LogP contribution in [-0.2, 0) is 25.7 Å². The lowest BCUT2D eigenvalue weighted by Crippen LogP contribution is -2.69. The monoisotopic (exact) mass is 730 g/mol. The van der Waals surface area contributed by atoms with E-state index in [-0.39, 0.29) is 58.7 Å². The average Bonchev–Trinajstić information content (AvgIpc) is 3.59. The van der Waals surface area contributed by atoms with Crippen LogP contribution in [0.4, 0.5) is 0 Å². The van der Waals surface area contributed by atoms with E-state index in [0.29, 0.717) is 30.0 Å². The van der Waals surface area contributed by atoms with E-state index in [4.69, 9.17) is 14.0 Å². The predicted molar refractivity (Wildman–Crippen MR) is 198 cm³/mol. The van der Waals surface area contributed by atoms with Crippen LogP contribution in [0.1, 0.15) is 112 Å². The molecule has 10 heteroatoms. The Balaban J connectivity index is 1.13. The SMILES string of the molecule is COc1ccccc1-c1cc(CNC(=O)[C@@]2(C)CC[C@]3(C)CC[C@]4(C)C(=CC(=O)C5[C@@]6(C)CC[C@](O)(OCC(=O)O)C(C)(C)C6CC[C@]54C)[C@H]3C2)on1. The lowest BCUT2D eigenvalue weighted by atomic mass is 9.33. The third kappa shape index (κ3) is 5.55. The van der Waals surface area contributed by atoms with Gasteiger partial charge in [0.25, 0.3) is 0 Å². The number of ketones is 1. The molecular weight excluding hydrogens is 672 g/mol. The Morgan fingerprint density at radius 2 is 1.70 bits per heavy atom. The molecular formula is C43H58N2O8. The Labute approximate surface area is 313 Å². The molecule has 1 aromatic heterocycles. The van der Waals surface area contributed by atoms with Crippen LogP contribution in [0, 0.1) is 50.2 Å². The van der Waals surface area contributed by atoms with Crippen LogP contribution in [-0.4, -0.2) is 52.5 Å². The normalized spacial score (nSPS) is 40.1. The number of methoxy groups -OCH3 is 1. The molecule has 10 nitrogen and oxygen atoms in total. The number of benzene rings is 1. The Morgan fingerprint density at radius 1 is 0.981 bits per heavy atom. The molecule has 0 aliphatic heterocycles. The molecule has 0 saturated heterocycles. The van der Waals surface area contributed by atoms with Crippen molar-refractivity contribution in [1.29, 1.82) is 0 Å². The third-order valence-corrected chi connectivity index (χ3v) is 16.1. The van der Waals surface area contributed by atoms with Gasteiger partial charge in [-0.1, -0.05) is 71.3 Å². The molecule has 3 N–H and O–H groups in total. The van der Waals surface area contributed by atoms with Crippen LogP contribution in [0.15, 0.2) is 46.5 Å². The van der Waals surface area contributed by atoms with Gasteiger partial charge in [0, 0.05) is 34.8 Å². The molecule has 288 valence electrons. The van der Waals surface area contributed by atoms with Crippen molar-refractivity contribution in [3.8, 4) is 17.0 Å². The predicted octanol–water partition coefficient (Wildman–Crippen LogP) is 7.74. The minimum absolute atomic E-state index is 0.00487. The molecule has 2 unspecified atom stereocenters. The number of para-hydroxylation sites is 1. The first-order valence-electron chi connectivity index (χ1n) is 19.5. The summed E-state index contributed by atoms with van der Waals surface area (Å²) in [5.41, 5.74) is 0.378. The number of carboxylic acids is 1. The zero-order valence-corrected chi connectivity index (χ0v) is 32.8. The number of ether oxygens (including phenoxy) is 2. The summed E-state index contributed by atoms with van der Waals surface area (Å²) in [5, 5.41) is 28.5. The van der Waals surface area contributed by atoms with Gasteiger partial charge in [0.05, 0.1) is 13.7 Å². The molecule has 1 aromatic carbocycles. The summed E-state index contributed by atoms with van der Waals surface area (Å²) in [5.74, 6) is -1.46. The number of hydrogen-bond acceptors (Lipinski definition) is 8. The molecule has 0 radical (unpaired) electrons. The minimum Gasteiger partial charge on any atom is -0.496 e. The second-order valence-electron chi connectivity index (χ2n) is 19.0. The second-order valence-corrected chi connectivity index (χ2v) is 19.0. The highest BCUT2D eigenvalue weighted by molar-refractivity contribution is 5.96. The Morgan fingerprint density at radius 3 is 2.42 bits per heavy atom. The molecule has 5 aliphatic rings. The van der Waals surface area contributed by atoms with E-state index >= 15 is 0 Å². The van der Waals surface area contributed by atoms with Crippen LogP contribution in [0.25, 0.3) is 11.3 Å². The van der Waals surface area contributed by atoms with Crippen molar-refractivity contribution in [3.05, 3.63) is 47.7 Å². The lowest BCUT2D eigenvalue weighted by Gasteiger charge is -2.71. The van der Waals surface area contributed by atoms with Crippen molar-refractivity contribution in [2.75, 3.05) is 13.7 Å². The van der Waals surface area contributed by atoms with Crippen molar-refractivity contribution in [1.82, 2.24) is 10.5 Å². The van der Waals surface area contributed by atoms with E-state index in [1.54, 1.807) is 7.11 Å². The van der Waals surface area contributed by atoms with Crippen LogP contribution in [0.5, 0.6) is 5.75 Å². The van der Waals surface area contributed by atoms with Crippen LogP contribution >= 0.6 is 0 Å². The van der Waals surface area contributed by atoms with E-state index in [2.05, 4.69) is 45.1 Å². The topological polar surface area (TPSA) is 148 Å². The molecule has 4 saturated carbocycles. The first-order valence-corrected chi connectivity index (χ1v) is 19.5. The molecule has 1 amide bonds. The van der Waals surface area contributed by atoms with Gasteiger partial charge >= 0.3 is 5.97 Å². The van der Waals surface area contributed by atoms with Gasteiger partial charge in [-0.2, -0.15) is 0 Å². The van der Waals surface area contributed by atoms with E-state index in [0.717, 1.165) is 44.1 Å². The number of aliphatic hydroxyl groups is 1. The average molecular weight is 731 g/mol. The van der Waals surface area contributed by atoms with Crippen molar-refractivity contribution >= 4 is 17.7 Å². The summed E-state index contributed by atoms with van der Waals surface area (Å²) in [4.78, 5) is 40.3. The van der Waals surface area contributed by atoms with E-state index in [1.165, 1.54) is 5.57 Å².